The fourth-order valence-corrected chi connectivity index (χ4v) is 2.08. The van der Waals surface area contributed by atoms with E-state index in [0.29, 0.717) is 0 Å². The van der Waals surface area contributed by atoms with Gasteiger partial charge in [-0.2, -0.15) is 18.3 Å². The van der Waals surface area contributed by atoms with E-state index in [1.165, 1.54) is 16.9 Å². The molecule has 0 unspecified atom stereocenters. The molecule has 2 aromatic rings. The summed E-state index contributed by atoms with van der Waals surface area (Å²) in [4.78, 5) is 12.1. The number of nitrogens with two attached hydrogens (primary N) is 1. The van der Waals surface area contributed by atoms with E-state index in [4.69, 9.17) is 5.73 Å². The molecule has 1 heterocycles. The predicted molar refractivity (Wildman–Crippen MR) is 74.7 cm³/mol. The summed E-state index contributed by atoms with van der Waals surface area (Å²) < 4.78 is 39.6. The van der Waals surface area contributed by atoms with Crippen LogP contribution in [0.25, 0.3) is 0 Å². The van der Waals surface area contributed by atoms with Crippen LogP contribution in [0.2, 0.25) is 0 Å². The van der Waals surface area contributed by atoms with Crippen molar-refractivity contribution in [3.05, 3.63) is 40.0 Å². The summed E-state index contributed by atoms with van der Waals surface area (Å²) in [5, 5.41) is 6.26. The first-order chi connectivity index (χ1) is 9.70. The number of carbonyl (C=O) groups excluding carboxylic acids is 1. The summed E-state index contributed by atoms with van der Waals surface area (Å²) >= 11 is 3.06. The molecule has 112 valence electrons. The Morgan fingerprint density at radius 1 is 1.43 bits per heavy atom. The van der Waals surface area contributed by atoms with Crippen LogP contribution in [0, 0.1) is 0 Å². The fourth-order valence-electron chi connectivity index (χ4n) is 1.66. The first-order valence-electron chi connectivity index (χ1n) is 5.65. The van der Waals surface area contributed by atoms with E-state index in [-0.39, 0.29) is 21.5 Å². The molecule has 0 aliphatic heterocycles. The molecule has 5 nitrogen and oxygen atoms in total. The number of aromatic nitrogens is 2. The average molecular weight is 363 g/mol. The molecule has 0 radical (unpaired) electrons. The molecule has 2 rings (SSSR count). The van der Waals surface area contributed by atoms with E-state index in [2.05, 4.69) is 26.3 Å². The molecule has 0 atom stereocenters. The highest BCUT2D eigenvalue weighted by molar-refractivity contribution is 9.10. The van der Waals surface area contributed by atoms with Gasteiger partial charge in [0.1, 0.15) is 0 Å². The van der Waals surface area contributed by atoms with Crippen LogP contribution in [0.15, 0.2) is 28.9 Å². The molecule has 0 saturated heterocycles. The molecule has 0 fully saturated rings. The van der Waals surface area contributed by atoms with E-state index in [1.54, 1.807) is 7.05 Å². The van der Waals surface area contributed by atoms with Gasteiger partial charge in [0.25, 0.3) is 5.91 Å². The summed E-state index contributed by atoms with van der Waals surface area (Å²) in [6.07, 6.45) is -3.20. The van der Waals surface area contributed by atoms with Gasteiger partial charge < -0.3 is 11.1 Å². The molecule has 0 aliphatic rings. The number of aryl methyl sites for hydroxylation is 1. The zero-order valence-corrected chi connectivity index (χ0v) is 12.3. The third-order valence-corrected chi connectivity index (χ3v) is 3.43. The van der Waals surface area contributed by atoms with Crippen LogP contribution in [-0.2, 0) is 13.2 Å². The Hall–Kier alpha value is -2.03. The van der Waals surface area contributed by atoms with Gasteiger partial charge >= 0.3 is 6.18 Å². The summed E-state index contributed by atoms with van der Waals surface area (Å²) in [7, 11) is 1.55. The van der Waals surface area contributed by atoms with E-state index in [1.807, 2.05) is 0 Å². The van der Waals surface area contributed by atoms with Gasteiger partial charge in [-0.05, 0) is 34.1 Å². The topological polar surface area (TPSA) is 72.9 Å². The van der Waals surface area contributed by atoms with Gasteiger partial charge in [0, 0.05) is 11.5 Å². The largest absolute Gasteiger partial charge is 0.416 e. The molecule has 21 heavy (non-hydrogen) atoms. The quantitative estimate of drug-likeness (QED) is 0.862. The minimum Gasteiger partial charge on any atom is -0.394 e. The van der Waals surface area contributed by atoms with Gasteiger partial charge in [-0.1, -0.05) is 0 Å². The highest BCUT2D eigenvalue weighted by Crippen LogP contribution is 2.32. The Morgan fingerprint density at radius 2 is 2.10 bits per heavy atom. The summed E-state index contributed by atoms with van der Waals surface area (Å²) in [6.45, 7) is 0. The predicted octanol–water partition coefficient (Wildman–Crippen LogP) is 3.04. The standard InChI is InChI=1S/C12H10BrF3N4O/c1-20-10(9(17)5-18-20)19-11(21)7-4-6(12(14,15)16)2-3-8(7)13/h2-5H,17H2,1H3,(H,19,21). The number of nitrogen functional groups attached to an aromatic ring is 1. The van der Waals surface area contributed by atoms with Crippen molar-refractivity contribution in [2.75, 3.05) is 11.1 Å². The lowest BCUT2D eigenvalue weighted by atomic mass is 10.1. The average Bonchev–Trinajstić information content (AvgIpc) is 2.69. The molecule has 1 aromatic heterocycles. The second-order valence-corrected chi connectivity index (χ2v) is 5.07. The van der Waals surface area contributed by atoms with Crippen molar-refractivity contribution < 1.29 is 18.0 Å². The zero-order chi connectivity index (χ0) is 15.8. The minimum absolute atomic E-state index is 0.148. The monoisotopic (exact) mass is 362 g/mol. The van der Waals surface area contributed by atoms with Crippen molar-refractivity contribution in [3.63, 3.8) is 0 Å². The van der Waals surface area contributed by atoms with E-state index >= 15 is 0 Å². The van der Waals surface area contributed by atoms with Crippen molar-refractivity contribution in [1.82, 2.24) is 9.78 Å². The normalized spacial score (nSPS) is 11.5. The van der Waals surface area contributed by atoms with Crippen LogP contribution in [0.5, 0.6) is 0 Å². The second kappa shape index (κ2) is 5.40. The van der Waals surface area contributed by atoms with Crippen molar-refractivity contribution in [2.24, 2.45) is 7.05 Å². The molecule has 0 bridgehead atoms. The van der Waals surface area contributed by atoms with Crippen molar-refractivity contribution in [3.8, 4) is 0 Å². The van der Waals surface area contributed by atoms with Crippen molar-refractivity contribution in [1.29, 1.82) is 0 Å². The Kier molecular flexibility index (Phi) is 3.95. The highest BCUT2D eigenvalue weighted by atomic mass is 79.9. The van der Waals surface area contributed by atoms with Gasteiger partial charge in [-0.3, -0.25) is 9.48 Å². The van der Waals surface area contributed by atoms with Crippen molar-refractivity contribution in [2.45, 2.75) is 6.18 Å². The number of hydrogen-bond acceptors (Lipinski definition) is 3. The molecule has 0 aliphatic carbocycles. The third-order valence-electron chi connectivity index (χ3n) is 2.74. The van der Waals surface area contributed by atoms with Crippen LogP contribution >= 0.6 is 15.9 Å². The molecule has 9 heteroatoms. The Labute approximate surface area is 126 Å². The van der Waals surface area contributed by atoms with Crippen LogP contribution in [0.3, 0.4) is 0 Å². The Bertz CT molecular complexity index is 677. The van der Waals surface area contributed by atoms with Crippen LogP contribution in [0.4, 0.5) is 24.7 Å². The summed E-state index contributed by atoms with van der Waals surface area (Å²) in [5.41, 5.74) is 4.78. The van der Waals surface area contributed by atoms with Gasteiger partial charge in [-0.25, -0.2) is 0 Å². The minimum atomic E-state index is -4.53. The number of carbonyl (C=O) groups is 1. The highest BCUT2D eigenvalue weighted by Gasteiger charge is 2.31. The lowest BCUT2D eigenvalue weighted by molar-refractivity contribution is -0.137. The zero-order valence-electron chi connectivity index (χ0n) is 10.7. The number of benzene rings is 1. The first kappa shape index (κ1) is 15.4. The van der Waals surface area contributed by atoms with E-state index < -0.39 is 17.6 Å². The maximum absolute atomic E-state index is 12.7. The molecular formula is C12H10BrF3N4O. The number of rotatable bonds is 2. The lowest BCUT2D eigenvalue weighted by Crippen LogP contribution is -2.17. The fraction of sp³-hybridized carbons (Fsp3) is 0.167. The van der Waals surface area contributed by atoms with Gasteiger partial charge in [-0.15, -0.1) is 0 Å². The Morgan fingerprint density at radius 3 is 2.62 bits per heavy atom. The maximum atomic E-state index is 12.7. The molecule has 0 spiro atoms. The van der Waals surface area contributed by atoms with Gasteiger partial charge in [0.05, 0.1) is 23.0 Å². The first-order valence-corrected chi connectivity index (χ1v) is 6.45. The number of nitrogens with one attached hydrogen (secondary N) is 1. The maximum Gasteiger partial charge on any atom is 0.416 e. The second-order valence-electron chi connectivity index (χ2n) is 4.22. The number of alkyl halides is 3. The van der Waals surface area contributed by atoms with Crippen LogP contribution < -0.4 is 11.1 Å². The molecule has 0 saturated carbocycles. The SMILES string of the molecule is Cn1ncc(N)c1NC(=O)c1cc(C(F)(F)F)ccc1Br. The summed E-state index contributed by atoms with van der Waals surface area (Å²) in [6, 6.07) is 2.83. The molecule has 1 aromatic carbocycles. The van der Waals surface area contributed by atoms with Crippen LogP contribution in [0.1, 0.15) is 15.9 Å². The Balaban J connectivity index is 2.35. The number of halogens is 4. The molecule has 3 N–H and O–H groups in total. The number of hydrogen-bond donors (Lipinski definition) is 2. The van der Waals surface area contributed by atoms with Gasteiger partial charge in [0.2, 0.25) is 0 Å². The van der Waals surface area contributed by atoms with Crippen molar-refractivity contribution >= 4 is 33.3 Å². The molecule has 1 amide bonds. The number of nitrogens with zero attached hydrogens (tertiary/aromatic N) is 2. The number of anilines is 2. The lowest BCUT2D eigenvalue weighted by Gasteiger charge is -2.11. The molecular weight excluding hydrogens is 353 g/mol. The van der Waals surface area contributed by atoms with Crippen LogP contribution in [-0.4, -0.2) is 15.7 Å². The van der Waals surface area contributed by atoms with E-state index in [9.17, 15) is 18.0 Å². The smallest absolute Gasteiger partial charge is 0.394 e. The third kappa shape index (κ3) is 3.18. The van der Waals surface area contributed by atoms with Gasteiger partial charge in [0.15, 0.2) is 5.82 Å². The van der Waals surface area contributed by atoms with E-state index in [0.717, 1.165) is 12.1 Å². The summed E-state index contributed by atoms with van der Waals surface area (Å²) in [5.74, 6) is -0.507. The number of amides is 1.